The molecule has 1 N–H and O–H groups in total. The molecule has 1 atom stereocenters. The minimum atomic E-state index is -0.777. The molecule has 1 aromatic heterocycles. The van der Waals surface area contributed by atoms with Crippen molar-refractivity contribution < 1.29 is 9.90 Å². The monoisotopic (exact) mass is 255 g/mol. The van der Waals surface area contributed by atoms with Gasteiger partial charge < -0.3 is 5.11 Å². The lowest BCUT2D eigenvalue weighted by Crippen LogP contribution is -2.12. The summed E-state index contributed by atoms with van der Waals surface area (Å²) in [5.74, 6) is -1.24. The predicted octanol–water partition coefficient (Wildman–Crippen LogP) is 3.27. The number of aryl methyl sites for hydroxylation is 1. The quantitative estimate of drug-likeness (QED) is 0.861. The summed E-state index contributed by atoms with van der Waals surface area (Å²) in [4.78, 5) is 15.3. The summed E-state index contributed by atoms with van der Waals surface area (Å²) in [7, 11) is 0. The Morgan fingerprint density at radius 3 is 2.58 bits per heavy atom. The zero-order valence-corrected chi connectivity index (χ0v) is 10.7. The van der Waals surface area contributed by atoms with Crippen molar-refractivity contribution in [1.82, 2.24) is 4.98 Å². The number of benzene rings is 1. The highest BCUT2D eigenvalue weighted by Gasteiger charge is 2.19. The van der Waals surface area contributed by atoms with Crippen LogP contribution in [-0.4, -0.2) is 16.1 Å². The second-order valence-electron chi connectivity index (χ2n) is 4.56. The fraction of sp³-hybridized carbons (Fsp3) is 0.250. The van der Waals surface area contributed by atoms with Crippen LogP contribution in [0.25, 0.3) is 0 Å². The van der Waals surface area contributed by atoms with E-state index in [1.165, 1.54) is 5.56 Å². The van der Waals surface area contributed by atoms with E-state index in [4.69, 9.17) is 0 Å². The minimum Gasteiger partial charge on any atom is -0.481 e. The van der Waals surface area contributed by atoms with E-state index in [1.54, 1.807) is 18.5 Å². The Balaban J connectivity index is 1.94. The molecule has 0 fully saturated rings. The first-order chi connectivity index (χ1) is 9.27. The molecule has 0 aliphatic rings. The van der Waals surface area contributed by atoms with E-state index in [0.29, 0.717) is 6.42 Å². The Bertz CT molecular complexity index is 511. The van der Waals surface area contributed by atoms with E-state index in [2.05, 4.69) is 17.1 Å². The van der Waals surface area contributed by atoms with E-state index in [0.717, 1.165) is 18.4 Å². The topological polar surface area (TPSA) is 50.2 Å². The molecular weight excluding hydrogens is 238 g/mol. The van der Waals surface area contributed by atoms with E-state index in [-0.39, 0.29) is 0 Å². The van der Waals surface area contributed by atoms with E-state index in [1.807, 2.05) is 24.3 Å². The van der Waals surface area contributed by atoms with Crippen LogP contribution in [0.5, 0.6) is 0 Å². The molecule has 0 spiro atoms. The first kappa shape index (κ1) is 13.3. The number of carboxylic acid groups (broad SMARTS) is 1. The molecule has 1 heterocycles. The zero-order chi connectivity index (χ0) is 13.5. The number of aliphatic carboxylic acids is 1. The van der Waals surface area contributed by atoms with Crippen LogP contribution in [0.2, 0.25) is 0 Å². The van der Waals surface area contributed by atoms with Crippen molar-refractivity contribution in [2.24, 2.45) is 0 Å². The fourth-order valence-electron chi connectivity index (χ4n) is 2.17. The van der Waals surface area contributed by atoms with Crippen LogP contribution in [0.4, 0.5) is 0 Å². The molecule has 3 heteroatoms. The first-order valence-electron chi connectivity index (χ1n) is 6.44. The smallest absolute Gasteiger partial charge is 0.311 e. The summed E-state index contributed by atoms with van der Waals surface area (Å²) < 4.78 is 0. The lowest BCUT2D eigenvalue weighted by atomic mass is 9.94. The molecule has 0 radical (unpaired) electrons. The van der Waals surface area contributed by atoms with Gasteiger partial charge in [-0.2, -0.15) is 0 Å². The number of pyridine rings is 1. The van der Waals surface area contributed by atoms with E-state index < -0.39 is 11.9 Å². The number of carboxylic acids is 1. The van der Waals surface area contributed by atoms with Crippen LogP contribution in [0.3, 0.4) is 0 Å². The maximum atomic E-state index is 11.3. The Morgan fingerprint density at radius 2 is 1.95 bits per heavy atom. The highest BCUT2D eigenvalue weighted by molar-refractivity contribution is 5.75. The fourth-order valence-corrected chi connectivity index (χ4v) is 2.17. The number of nitrogens with zero attached hydrogens (tertiary/aromatic N) is 1. The molecule has 1 aromatic carbocycles. The van der Waals surface area contributed by atoms with Gasteiger partial charge in [-0.25, -0.2) is 0 Å². The third kappa shape index (κ3) is 3.91. The van der Waals surface area contributed by atoms with Crippen LogP contribution in [0.15, 0.2) is 54.9 Å². The largest absolute Gasteiger partial charge is 0.481 e. The summed E-state index contributed by atoms with van der Waals surface area (Å²) in [5.41, 5.74) is 2.03. The predicted molar refractivity (Wildman–Crippen MR) is 74.0 cm³/mol. The molecule has 19 heavy (non-hydrogen) atoms. The number of aromatic nitrogens is 1. The van der Waals surface area contributed by atoms with Gasteiger partial charge in [0.25, 0.3) is 0 Å². The highest BCUT2D eigenvalue weighted by Crippen LogP contribution is 2.21. The van der Waals surface area contributed by atoms with Gasteiger partial charge in [0.1, 0.15) is 0 Å². The lowest BCUT2D eigenvalue weighted by Gasteiger charge is -2.12. The van der Waals surface area contributed by atoms with Crippen LogP contribution < -0.4 is 0 Å². The summed E-state index contributed by atoms with van der Waals surface area (Å²) in [6, 6.07) is 13.7. The molecule has 0 aliphatic carbocycles. The highest BCUT2D eigenvalue weighted by atomic mass is 16.4. The SMILES string of the molecule is O=C(O)[C@H](CCCc1ccccc1)c1cccnc1. The summed E-state index contributed by atoms with van der Waals surface area (Å²) in [6.45, 7) is 0. The standard InChI is InChI=1S/C16H17NO2/c18-16(19)15(14-9-5-11-17-12-14)10-4-8-13-6-2-1-3-7-13/h1-3,5-7,9,11-12,15H,4,8,10H2,(H,18,19)/t15-/m1/s1. The van der Waals surface area contributed by atoms with Gasteiger partial charge in [-0.3, -0.25) is 9.78 Å². The average molecular weight is 255 g/mol. The Kier molecular flexibility index (Phi) is 4.67. The van der Waals surface area contributed by atoms with E-state index >= 15 is 0 Å². The third-order valence-corrected chi connectivity index (χ3v) is 3.19. The van der Waals surface area contributed by atoms with Gasteiger partial charge in [0.2, 0.25) is 0 Å². The van der Waals surface area contributed by atoms with Gasteiger partial charge in [0.15, 0.2) is 0 Å². The summed E-state index contributed by atoms with van der Waals surface area (Å²) in [6.07, 6.45) is 5.70. The lowest BCUT2D eigenvalue weighted by molar-refractivity contribution is -0.139. The summed E-state index contributed by atoms with van der Waals surface area (Å²) in [5, 5.41) is 9.30. The molecule has 0 saturated heterocycles. The summed E-state index contributed by atoms with van der Waals surface area (Å²) >= 11 is 0. The Morgan fingerprint density at radius 1 is 1.16 bits per heavy atom. The van der Waals surface area contributed by atoms with Gasteiger partial charge in [0, 0.05) is 12.4 Å². The van der Waals surface area contributed by atoms with Gasteiger partial charge in [-0.1, -0.05) is 36.4 Å². The molecule has 0 saturated carbocycles. The molecule has 3 nitrogen and oxygen atoms in total. The minimum absolute atomic E-state index is 0.461. The van der Waals surface area contributed by atoms with E-state index in [9.17, 15) is 9.90 Å². The molecule has 2 aromatic rings. The van der Waals surface area contributed by atoms with Crippen molar-refractivity contribution in [3.8, 4) is 0 Å². The molecule has 0 aliphatic heterocycles. The normalized spacial score (nSPS) is 12.0. The molecule has 2 rings (SSSR count). The zero-order valence-electron chi connectivity index (χ0n) is 10.7. The maximum absolute atomic E-state index is 11.3. The maximum Gasteiger partial charge on any atom is 0.311 e. The van der Waals surface area contributed by atoms with Crippen molar-refractivity contribution in [3.63, 3.8) is 0 Å². The molecule has 0 bridgehead atoms. The van der Waals surface area contributed by atoms with Crippen LogP contribution >= 0.6 is 0 Å². The van der Waals surface area contributed by atoms with Crippen molar-refractivity contribution in [2.45, 2.75) is 25.2 Å². The van der Waals surface area contributed by atoms with Crippen molar-refractivity contribution in [1.29, 1.82) is 0 Å². The molecule has 0 unspecified atom stereocenters. The van der Waals surface area contributed by atoms with Crippen molar-refractivity contribution >= 4 is 5.97 Å². The van der Waals surface area contributed by atoms with Gasteiger partial charge >= 0.3 is 5.97 Å². The van der Waals surface area contributed by atoms with Crippen LogP contribution in [-0.2, 0) is 11.2 Å². The number of hydrogen-bond acceptors (Lipinski definition) is 2. The molecule has 98 valence electrons. The number of hydrogen-bond donors (Lipinski definition) is 1. The molecule has 0 amide bonds. The number of carbonyl (C=O) groups is 1. The number of rotatable bonds is 6. The average Bonchev–Trinajstić information content (AvgIpc) is 2.45. The van der Waals surface area contributed by atoms with Gasteiger partial charge in [-0.15, -0.1) is 0 Å². The van der Waals surface area contributed by atoms with Crippen LogP contribution in [0, 0.1) is 0 Å². The van der Waals surface area contributed by atoms with Gasteiger partial charge in [-0.05, 0) is 36.5 Å². The first-order valence-corrected chi connectivity index (χ1v) is 6.44. The van der Waals surface area contributed by atoms with Gasteiger partial charge in [0.05, 0.1) is 5.92 Å². The molecular formula is C16H17NO2. The Labute approximate surface area is 112 Å². The van der Waals surface area contributed by atoms with Crippen molar-refractivity contribution in [3.05, 3.63) is 66.0 Å². The van der Waals surface area contributed by atoms with Crippen LogP contribution in [0.1, 0.15) is 29.9 Å². The Hall–Kier alpha value is -2.16. The second-order valence-corrected chi connectivity index (χ2v) is 4.56. The second kappa shape index (κ2) is 6.69. The van der Waals surface area contributed by atoms with Crippen molar-refractivity contribution in [2.75, 3.05) is 0 Å². The third-order valence-electron chi connectivity index (χ3n) is 3.19.